The fourth-order valence-corrected chi connectivity index (χ4v) is 3.18. The highest BCUT2D eigenvalue weighted by Crippen LogP contribution is 2.32. The van der Waals surface area contributed by atoms with E-state index in [-0.39, 0.29) is 5.91 Å². The molecule has 1 aliphatic heterocycles. The Morgan fingerprint density at radius 3 is 2.68 bits per heavy atom. The van der Waals surface area contributed by atoms with Crippen molar-refractivity contribution in [2.45, 2.75) is 26.2 Å². The molecule has 0 fully saturated rings. The molecule has 0 aliphatic carbocycles. The van der Waals surface area contributed by atoms with Gasteiger partial charge in [-0.2, -0.15) is 0 Å². The maximum Gasteiger partial charge on any atom is 0.251 e. The molecular weight excluding hydrogens is 272 g/mol. The van der Waals surface area contributed by atoms with E-state index in [0.29, 0.717) is 12.5 Å². The van der Waals surface area contributed by atoms with Crippen molar-refractivity contribution in [3.05, 3.63) is 64.7 Å². The van der Waals surface area contributed by atoms with E-state index in [2.05, 4.69) is 41.0 Å². The Balaban J connectivity index is 1.56. The van der Waals surface area contributed by atoms with Crippen LogP contribution in [0.25, 0.3) is 0 Å². The number of carbonyl (C=O) groups is 1. The Morgan fingerprint density at radius 2 is 1.91 bits per heavy atom. The second kappa shape index (κ2) is 6.22. The third-order valence-electron chi connectivity index (χ3n) is 4.20. The molecule has 0 spiro atoms. The zero-order valence-corrected chi connectivity index (χ0v) is 13.1. The Hall–Kier alpha value is -2.29. The molecule has 114 valence electrons. The lowest BCUT2D eigenvalue weighted by molar-refractivity contribution is 0.0952. The van der Waals surface area contributed by atoms with Crippen molar-refractivity contribution in [3.63, 3.8) is 0 Å². The van der Waals surface area contributed by atoms with E-state index < -0.39 is 0 Å². The standard InChI is InChI=1S/C19H22N2O/c1-13-9-14(2)11-16(10-13)19(22)20-8-7-15-12-21-18-6-4-3-5-17(15)18/h3-6,9-11,15,21H,7-8,12H2,1-2H3,(H,20,22). The van der Waals surface area contributed by atoms with Gasteiger partial charge in [0.05, 0.1) is 0 Å². The zero-order valence-electron chi connectivity index (χ0n) is 13.1. The highest BCUT2D eigenvalue weighted by molar-refractivity contribution is 5.94. The normalized spacial score (nSPS) is 16.0. The number of benzene rings is 2. The molecule has 0 saturated heterocycles. The molecule has 1 atom stereocenters. The molecule has 1 heterocycles. The van der Waals surface area contributed by atoms with Crippen LogP contribution in [0.4, 0.5) is 5.69 Å². The Bertz CT molecular complexity index is 673. The van der Waals surface area contributed by atoms with Gasteiger partial charge in [-0.3, -0.25) is 4.79 Å². The van der Waals surface area contributed by atoms with E-state index in [1.165, 1.54) is 11.3 Å². The zero-order chi connectivity index (χ0) is 15.5. The molecule has 0 aromatic heterocycles. The van der Waals surface area contributed by atoms with Gasteiger partial charge in [-0.1, -0.05) is 35.4 Å². The Kier molecular flexibility index (Phi) is 4.14. The summed E-state index contributed by atoms with van der Waals surface area (Å²) in [5.41, 5.74) is 5.59. The summed E-state index contributed by atoms with van der Waals surface area (Å²) in [6.45, 7) is 5.70. The van der Waals surface area contributed by atoms with E-state index in [1.54, 1.807) is 0 Å². The number of hydrogen-bond acceptors (Lipinski definition) is 2. The van der Waals surface area contributed by atoms with Crippen molar-refractivity contribution < 1.29 is 4.79 Å². The predicted molar refractivity (Wildman–Crippen MR) is 90.5 cm³/mol. The molecule has 22 heavy (non-hydrogen) atoms. The first-order valence-corrected chi connectivity index (χ1v) is 7.83. The lowest BCUT2D eigenvalue weighted by Gasteiger charge is -2.11. The summed E-state index contributed by atoms with van der Waals surface area (Å²) >= 11 is 0. The topological polar surface area (TPSA) is 41.1 Å². The number of aryl methyl sites for hydroxylation is 2. The smallest absolute Gasteiger partial charge is 0.251 e. The lowest BCUT2D eigenvalue weighted by atomic mass is 9.98. The van der Waals surface area contributed by atoms with Crippen LogP contribution in [-0.4, -0.2) is 19.0 Å². The molecule has 3 nitrogen and oxygen atoms in total. The Morgan fingerprint density at radius 1 is 1.18 bits per heavy atom. The van der Waals surface area contributed by atoms with Gasteiger partial charge in [-0.05, 0) is 44.0 Å². The average molecular weight is 294 g/mol. The van der Waals surface area contributed by atoms with Gasteiger partial charge >= 0.3 is 0 Å². The third-order valence-corrected chi connectivity index (χ3v) is 4.20. The largest absolute Gasteiger partial charge is 0.384 e. The van der Waals surface area contributed by atoms with Gasteiger partial charge in [0.2, 0.25) is 0 Å². The first-order valence-electron chi connectivity index (χ1n) is 7.83. The number of anilines is 1. The Labute approximate surface area is 131 Å². The summed E-state index contributed by atoms with van der Waals surface area (Å²) < 4.78 is 0. The van der Waals surface area contributed by atoms with Crippen LogP contribution in [0.2, 0.25) is 0 Å². The molecule has 0 radical (unpaired) electrons. The van der Waals surface area contributed by atoms with Crippen molar-refractivity contribution in [3.8, 4) is 0 Å². The number of hydrogen-bond donors (Lipinski definition) is 2. The van der Waals surface area contributed by atoms with E-state index in [0.717, 1.165) is 29.7 Å². The van der Waals surface area contributed by atoms with Crippen LogP contribution in [0.1, 0.15) is 39.4 Å². The van der Waals surface area contributed by atoms with Gasteiger partial charge in [0.15, 0.2) is 0 Å². The summed E-state index contributed by atoms with van der Waals surface area (Å²) in [6.07, 6.45) is 0.959. The van der Waals surface area contributed by atoms with Crippen LogP contribution in [0.5, 0.6) is 0 Å². The molecule has 2 aromatic rings. The SMILES string of the molecule is Cc1cc(C)cc(C(=O)NCCC2CNc3ccccc32)c1. The van der Waals surface area contributed by atoms with Gasteiger partial charge in [-0.15, -0.1) is 0 Å². The minimum atomic E-state index is 0.0195. The van der Waals surface area contributed by atoms with Crippen molar-refractivity contribution in [1.29, 1.82) is 0 Å². The first-order chi connectivity index (χ1) is 10.6. The molecule has 3 heteroatoms. The van der Waals surface area contributed by atoms with E-state index in [1.807, 2.05) is 26.0 Å². The molecule has 1 unspecified atom stereocenters. The molecular formula is C19H22N2O. The first kappa shape index (κ1) is 14.6. The number of carbonyl (C=O) groups excluding carboxylic acids is 1. The number of para-hydroxylation sites is 1. The van der Waals surface area contributed by atoms with Crippen molar-refractivity contribution >= 4 is 11.6 Å². The van der Waals surface area contributed by atoms with Crippen molar-refractivity contribution in [1.82, 2.24) is 5.32 Å². The number of amides is 1. The van der Waals surface area contributed by atoms with Crippen LogP contribution in [0.15, 0.2) is 42.5 Å². The highest BCUT2D eigenvalue weighted by atomic mass is 16.1. The van der Waals surface area contributed by atoms with E-state index in [4.69, 9.17) is 0 Å². The summed E-state index contributed by atoms with van der Waals surface area (Å²) in [5, 5.41) is 6.47. The minimum Gasteiger partial charge on any atom is -0.384 e. The second-order valence-electron chi connectivity index (χ2n) is 6.09. The predicted octanol–water partition coefficient (Wildman–Crippen LogP) is 3.63. The number of rotatable bonds is 4. The fourth-order valence-electron chi connectivity index (χ4n) is 3.18. The average Bonchev–Trinajstić information content (AvgIpc) is 2.90. The van der Waals surface area contributed by atoms with Gasteiger partial charge < -0.3 is 10.6 Å². The van der Waals surface area contributed by atoms with Crippen LogP contribution < -0.4 is 10.6 Å². The molecule has 1 amide bonds. The van der Waals surface area contributed by atoms with Crippen LogP contribution in [0, 0.1) is 13.8 Å². The maximum atomic E-state index is 12.2. The van der Waals surface area contributed by atoms with Gasteiger partial charge in [0.1, 0.15) is 0 Å². The summed E-state index contributed by atoms with van der Waals surface area (Å²) in [5.74, 6) is 0.502. The van der Waals surface area contributed by atoms with E-state index in [9.17, 15) is 4.79 Å². The van der Waals surface area contributed by atoms with Gasteiger partial charge in [0.25, 0.3) is 5.91 Å². The minimum absolute atomic E-state index is 0.0195. The van der Waals surface area contributed by atoms with Crippen LogP contribution >= 0.6 is 0 Å². The highest BCUT2D eigenvalue weighted by Gasteiger charge is 2.21. The fraction of sp³-hybridized carbons (Fsp3) is 0.316. The van der Waals surface area contributed by atoms with Crippen molar-refractivity contribution in [2.24, 2.45) is 0 Å². The lowest BCUT2D eigenvalue weighted by Crippen LogP contribution is -2.26. The number of fused-ring (bicyclic) bond motifs is 1. The van der Waals surface area contributed by atoms with Crippen LogP contribution in [-0.2, 0) is 0 Å². The maximum absolute atomic E-state index is 12.2. The van der Waals surface area contributed by atoms with E-state index >= 15 is 0 Å². The second-order valence-corrected chi connectivity index (χ2v) is 6.09. The summed E-state index contributed by atoms with van der Waals surface area (Å²) in [7, 11) is 0. The van der Waals surface area contributed by atoms with Crippen LogP contribution in [0.3, 0.4) is 0 Å². The molecule has 0 bridgehead atoms. The molecule has 1 aliphatic rings. The molecule has 2 N–H and O–H groups in total. The quantitative estimate of drug-likeness (QED) is 0.904. The monoisotopic (exact) mass is 294 g/mol. The molecule has 3 rings (SSSR count). The summed E-state index contributed by atoms with van der Waals surface area (Å²) in [6, 6.07) is 14.4. The van der Waals surface area contributed by atoms with Crippen molar-refractivity contribution in [2.75, 3.05) is 18.4 Å². The summed E-state index contributed by atoms with van der Waals surface area (Å²) in [4.78, 5) is 12.2. The van der Waals surface area contributed by atoms with Gasteiger partial charge in [0, 0.05) is 30.3 Å². The molecule has 0 saturated carbocycles. The molecule has 2 aromatic carbocycles. The van der Waals surface area contributed by atoms with Gasteiger partial charge in [-0.25, -0.2) is 0 Å². The third kappa shape index (κ3) is 3.14. The number of nitrogens with one attached hydrogen (secondary N) is 2.